The van der Waals surface area contributed by atoms with Gasteiger partial charge in [-0.25, -0.2) is 9.78 Å². The molecule has 1 unspecified atom stereocenters. The van der Waals surface area contributed by atoms with Crippen LogP contribution >= 0.6 is 0 Å². The van der Waals surface area contributed by atoms with E-state index >= 15 is 0 Å². The molecule has 0 saturated heterocycles. The molecule has 1 aromatic heterocycles. The Morgan fingerprint density at radius 3 is 2.70 bits per heavy atom. The number of rotatable bonds is 5. The summed E-state index contributed by atoms with van der Waals surface area (Å²) < 4.78 is 6.90. The van der Waals surface area contributed by atoms with Crippen molar-refractivity contribution in [2.45, 2.75) is 46.1 Å². The summed E-state index contributed by atoms with van der Waals surface area (Å²) in [5.41, 5.74) is 4.35. The van der Waals surface area contributed by atoms with Gasteiger partial charge in [-0.15, -0.1) is 0 Å². The number of unbranched alkanes of at least 4 members (excludes halogenated alkanes) is 1. The van der Waals surface area contributed by atoms with Gasteiger partial charge >= 0.3 is 5.97 Å². The number of carbonyl (C=O) groups is 1. The molecule has 0 aliphatic carbocycles. The van der Waals surface area contributed by atoms with Gasteiger partial charge in [0.05, 0.1) is 24.5 Å². The molecule has 1 heterocycles. The smallest absolute Gasteiger partial charge is 0.328 e. The average molecular weight is 274 g/mol. The number of benzene rings is 1. The third kappa shape index (κ3) is 2.69. The van der Waals surface area contributed by atoms with Crippen molar-refractivity contribution in [1.29, 1.82) is 0 Å². The highest BCUT2D eigenvalue weighted by molar-refractivity contribution is 5.81. The van der Waals surface area contributed by atoms with E-state index < -0.39 is 0 Å². The van der Waals surface area contributed by atoms with Crippen LogP contribution in [0.4, 0.5) is 0 Å². The van der Waals surface area contributed by atoms with Crippen LogP contribution in [0.1, 0.15) is 43.4 Å². The first-order valence-electron chi connectivity index (χ1n) is 7.10. The third-order valence-corrected chi connectivity index (χ3v) is 3.83. The molecule has 4 heteroatoms. The van der Waals surface area contributed by atoms with E-state index in [0.29, 0.717) is 0 Å². The largest absolute Gasteiger partial charge is 0.467 e. The molecule has 1 aromatic carbocycles. The Kier molecular flexibility index (Phi) is 4.42. The zero-order chi connectivity index (χ0) is 14.7. The molecule has 0 spiro atoms. The topological polar surface area (TPSA) is 44.1 Å². The van der Waals surface area contributed by atoms with Gasteiger partial charge in [-0.1, -0.05) is 19.8 Å². The standard InChI is InChI=1S/C16H22N2O2/c1-5-6-7-14(16(19)20-4)18-10-17-13-8-11(2)12(3)9-15(13)18/h8-10,14H,5-7H2,1-4H3. The minimum atomic E-state index is -0.285. The zero-order valence-corrected chi connectivity index (χ0v) is 12.6. The van der Waals surface area contributed by atoms with Crippen LogP contribution in [0.25, 0.3) is 11.0 Å². The fourth-order valence-corrected chi connectivity index (χ4v) is 2.43. The third-order valence-electron chi connectivity index (χ3n) is 3.83. The molecule has 1 atom stereocenters. The van der Waals surface area contributed by atoms with Crippen LogP contribution in [0, 0.1) is 13.8 Å². The van der Waals surface area contributed by atoms with E-state index in [4.69, 9.17) is 4.74 Å². The predicted octanol–water partition coefficient (Wildman–Crippen LogP) is 3.56. The zero-order valence-electron chi connectivity index (χ0n) is 12.6. The molecule has 0 N–H and O–H groups in total. The number of aromatic nitrogens is 2. The Labute approximate surface area is 119 Å². The number of imidazole rings is 1. The Morgan fingerprint density at radius 1 is 1.35 bits per heavy atom. The summed E-state index contributed by atoms with van der Waals surface area (Å²) in [4.78, 5) is 16.5. The summed E-state index contributed by atoms with van der Waals surface area (Å²) in [5, 5.41) is 0. The van der Waals surface area contributed by atoms with Crippen LogP contribution in [0.3, 0.4) is 0 Å². The highest BCUT2D eigenvalue weighted by Crippen LogP contribution is 2.25. The van der Waals surface area contributed by atoms with Gasteiger partial charge in [-0.3, -0.25) is 0 Å². The number of esters is 1. The maximum absolute atomic E-state index is 12.0. The highest BCUT2D eigenvalue weighted by Gasteiger charge is 2.22. The maximum atomic E-state index is 12.0. The van der Waals surface area contributed by atoms with Gasteiger partial charge in [0.15, 0.2) is 0 Å². The van der Waals surface area contributed by atoms with Crippen LogP contribution in [0.2, 0.25) is 0 Å². The average Bonchev–Trinajstić information content (AvgIpc) is 2.82. The second-order valence-electron chi connectivity index (χ2n) is 5.26. The first kappa shape index (κ1) is 14.6. The van der Waals surface area contributed by atoms with E-state index in [2.05, 4.69) is 37.9 Å². The van der Waals surface area contributed by atoms with Crippen molar-refractivity contribution in [2.75, 3.05) is 7.11 Å². The van der Waals surface area contributed by atoms with Crippen molar-refractivity contribution < 1.29 is 9.53 Å². The molecule has 0 aliphatic heterocycles. The van der Waals surface area contributed by atoms with Crippen LogP contribution in [0.15, 0.2) is 18.5 Å². The van der Waals surface area contributed by atoms with E-state index in [1.54, 1.807) is 6.33 Å². The monoisotopic (exact) mass is 274 g/mol. The highest BCUT2D eigenvalue weighted by atomic mass is 16.5. The van der Waals surface area contributed by atoms with Gasteiger partial charge in [-0.05, 0) is 43.5 Å². The number of carbonyl (C=O) groups excluding carboxylic acids is 1. The second-order valence-corrected chi connectivity index (χ2v) is 5.26. The Bertz CT molecular complexity index is 616. The van der Waals surface area contributed by atoms with Gasteiger partial charge in [0, 0.05) is 0 Å². The fourth-order valence-electron chi connectivity index (χ4n) is 2.43. The summed E-state index contributed by atoms with van der Waals surface area (Å²) in [5.74, 6) is -0.198. The van der Waals surface area contributed by atoms with Crippen LogP contribution in [-0.4, -0.2) is 22.6 Å². The summed E-state index contributed by atoms with van der Waals surface area (Å²) >= 11 is 0. The molecule has 108 valence electrons. The van der Waals surface area contributed by atoms with Gasteiger partial charge in [-0.2, -0.15) is 0 Å². The van der Waals surface area contributed by atoms with Gasteiger partial charge in [0.1, 0.15) is 6.04 Å². The molecule has 0 amide bonds. The van der Waals surface area contributed by atoms with Gasteiger partial charge < -0.3 is 9.30 Å². The number of fused-ring (bicyclic) bond motifs is 1. The molecule has 20 heavy (non-hydrogen) atoms. The van der Waals surface area contributed by atoms with Crippen molar-refractivity contribution >= 4 is 17.0 Å². The molecule has 0 fully saturated rings. The van der Waals surface area contributed by atoms with Gasteiger partial charge in [0.2, 0.25) is 0 Å². The van der Waals surface area contributed by atoms with Crippen molar-refractivity contribution in [2.24, 2.45) is 0 Å². The SMILES string of the molecule is CCCCC(C(=O)OC)n1cnc2cc(C)c(C)cc21. The molecular weight excluding hydrogens is 252 g/mol. The molecule has 0 aliphatic rings. The van der Waals surface area contributed by atoms with E-state index in [1.165, 1.54) is 18.2 Å². The number of nitrogens with zero attached hydrogens (tertiary/aromatic N) is 2. The fraction of sp³-hybridized carbons (Fsp3) is 0.500. The van der Waals surface area contributed by atoms with Crippen molar-refractivity contribution in [3.8, 4) is 0 Å². The first-order chi connectivity index (χ1) is 9.58. The van der Waals surface area contributed by atoms with Crippen molar-refractivity contribution in [3.05, 3.63) is 29.6 Å². The number of ether oxygens (including phenoxy) is 1. The predicted molar refractivity (Wildman–Crippen MR) is 79.8 cm³/mol. The van der Waals surface area contributed by atoms with Crippen LogP contribution in [0.5, 0.6) is 0 Å². The Morgan fingerprint density at radius 2 is 2.05 bits per heavy atom. The van der Waals surface area contributed by atoms with E-state index in [1.807, 2.05) is 4.57 Å². The maximum Gasteiger partial charge on any atom is 0.328 e. The number of hydrogen-bond acceptors (Lipinski definition) is 3. The lowest BCUT2D eigenvalue weighted by Gasteiger charge is -2.17. The Hall–Kier alpha value is -1.84. The van der Waals surface area contributed by atoms with Gasteiger partial charge in [0.25, 0.3) is 0 Å². The minimum absolute atomic E-state index is 0.198. The van der Waals surface area contributed by atoms with E-state index in [9.17, 15) is 4.79 Å². The molecule has 2 rings (SSSR count). The van der Waals surface area contributed by atoms with E-state index in [-0.39, 0.29) is 12.0 Å². The molecule has 4 nitrogen and oxygen atoms in total. The summed E-state index contributed by atoms with van der Waals surface area (Å²) in [6.45, 7) is 6.27. The van der Waals surface area contributed by atoms with Crippen molar-refractivity contribution in [3.63, 3.8) is 0 Å². The molecular formula is C16H22N2O2. The summed E-state index contributed by atoms with van der Waals surface area (Å²) in [7, 11) is 1.44. The van der Waals surface area contributed by atoms with Crippen LogP contribution in [-0.2, 0) is 9.53 Å². The second kappa shape index (κ2) is 6.07. The lowest BCUT2D eigenvalue weighted by Crippen LogP contribution is -2.20. The van der Waals surface area contributed by atoms with Crippen LogP contribution < -0.4 is 0 Å². The molecule has 0 saturated carbocycles. The normalized spacial score (nSPS) is 12.6. The lowest BCUT2D eigenvalue weighted by molar-refractivity contribution is -0.144. The summed E-state index contributed by atoms with van der Waals surface area (Å²) in [6.07, 6.45) is 4.57. The molecule has 2 aromatic rings. The summed E-state index contributed by atoms with van der Waals surface area (Å²) in [6, 6.07) is 3.88. The number of aryl methyl sites for hydroxylation is 2. The lowest BCUT2D eigenvalue weighted by atomic mass is 10.1. The first-order valence-corrected chi connectivity index (χ1v) is 7.10. The quantitative estimate of drug-likeness (QED) is 0.783. The number of hydrogen-bond donors (Lipinski definition) is 0. The Balaban J connectivity index is 2.47. The number of methoxy groups -OCH3 is 1. The van der Waals surface area contributed by atoms with E-state index in [0.717, 1.165) is 30.3 Å². The molecule has 0 radical (unpaired) electrons. The minimum Gasteiger partial charge on any atom is -0.467 e. The van der Waals surface area contributed by atoms with Crippen molar-refractivity contribution in [1.82, 2.24) is 9.55 Å². The molecule has 0 bridgehead atoms.